The van der Waals surface area contributed by atoms with E-state index in [1.165, 1.54) is 60.0 Å². The van der Waals surface area contributed by atoms with Crippen LogP contribution < -0.4 is 4.73 Å². The first-order chi connectivity index (χ1) is 23.9. The number of carbonyl (C=O) groups excluding carboxylic acids is 5. The van der Waals surface area contributed by atoms with E-state index in [0.717, 1.165) is 0 Å². The number of aromatic nitrogens is 4. The molecule has 0 saturated heterocycles. The molecule has 4 heterocycles. The number of hydrogen-bond donors (Lipinski definition) is 1. The molecule has 16 heteroatoms. The van der Waals surface area contributed by atoms with Crippen LogP contribution in [0.3, 0.4) is 0 Å². The number of ether oxygens (including phenoxy) is 5. The highest BCUT2D eigenvalue weighted by Crippen LogP contribution is 2.09. The molecule has 0 aliphatic rings. The van der Waals surface area contributed by atoms with Crippen molar-refractivity contribution >= 4 is 29.8 Å². The Balaban J connectivity index is 0.000000336. The fourth-order valence-electron chi connectivity index (χ4n) is 3.58. The van der Waals surface area contributed by atoms with Crippen LogP contribution in [0.2, 0.25) is 0 Å². The summed E-state index contributed by atoms with van der Waals surface area (Å²) in [6.45, 7) is 4.35. The lowest BCUT2D eigenvalue weighted by atomic mass is 10.2. The van der Waals surface area contributed by atoms with E-state index in [0.29, 0.717) is 49.8 Å². The van der Waals surface area contributed by atoms with Gasteiger partial charge in [-0.3, -0.25) is 19.7 Å². The molecule has 0 bridgehead atoms. The molecule has 16 nitrogen and oxygen atoms in total. The van der Waals surface area contributed by atoms with Crippen LogP contribution >= 0.6 is 0 Å². The van der Waals surface area contributed by atoms with Gasteiger partial charge in [0.2, 0.25) is 5.69 Å². The Labute approximate surface area is 288 Å². The molecule has 266 valence electrons. The summed E-state index contributed by atoms with van der Waals surface area (Å²) in [6, 6.07) is 12.8. The molecule has 4 rings (SSSR count). The number of nitrogens with zero attached hydrogens (tertiary/aromatic N) is 4. The number of methoxy groups -OCH3 is 4. The van der Waals surface area contributed by atoms with Crippen molar-refractivity contribution in [1.82, 2.24) is 15.0 Å². The zero-order chi connectivity index (χ0) is 37.6. The lowest BCUT2D eigenvalue weighted by molar-refractivity contribution is -0.612. The first kappa shape index (κ1) is 41.7. The van der Waals surface area contributed by atoms with E-state index in [4.69, 9.17) is 9.84 Å². The molecule has 1 N–H and O–H groups in total. The quantitative estimate of drug-likeness (QED) is 0.127. The molecule has 0 aromatic carbocycles. The Morgan fingerprint density at radius 2 is 1.08 bits per heavy atom. The molecular weight excluding hydrogens is 656 g/mol. The third-order valence-electron chi connectivity index (χ3n) is 6.18. The SMILES string of the molecule is COC(=O)c1ccc[n+]([O-])c1C.COC(=O)c1cccnc1C.COC(=O)c1cccnc1CO.COC(=O)c1cccnc1COC(C)=O. The third kappa shape index (κ3) is 13.4. The van der Waals surface area contributed by atoms with Crippen molar-refractivity contribution in [3.05, 3.63) is 124 Å². The number of carbonyl (C=O) groups is 5. The zero-order valence-electron chi connectivity index (χ0n) is 28.6. The van der Waals surface area contributed by atoms with Crippen molar-refractivity contribution in [2.75, 3.05) is 28.4 Å². The monoisotopic (exact) mass is 694 g/mol. The van der Waals surface area contributed by atoms with Gasteiger partial charge < -0.3 is 34.0 Å². The van der Waals surface area contributed by atoms with E-state index in [-0.39, 0.29) is 19.2 Å². The first-order valence-electron chi connectivity index (χ1n) is 14.4. The standard InChI is InChI=1S/C10H11NO4.2C8H9NO3.C8H9NO2/c1-7(12)15-6-9-8(10(13)14-2)4-3-5-11-9;1-6-7(8(10)12-2)4-3-5-9(6)11;1-12-8(11)6-3-2-4-9-7(6)5-10;1-6-7(8(10)11-2)4-3-5-9-6/h3-5H,6H2,1-2H3;3-5H,1-2H3;2-4,10H,5H2,1H3;3-5H,1-2H3. The Morgan fingerprint density at radius 3 is 1.56 bits per heavy atom. The third-order valence-corrected chi connectivity index (χ3v) is 6.18. The van der Waals surface area contributed by atoms with Crippen molar-refractivity contribution in [2.24, 2.45) is 0 Å². The second-order valence-electron chi connectivity index (χ2n) is 9.37. The van der Waals surface area contributed by atoms with Gasteiger partial charge in [-0.2, -0.15) is 4.73 Å². The van der Waals surface area contributed by atoms with Crippen LogP contribution in [0.15, 0.2) is 73.3 Å². The Morgan fingerprint density at radius 1 is 0.660 bits per heavy atom. The summed E-state index contributed by atoms with van der Waals surface area (Å²) in [5.41, 5.74) is 3.21. The summed E-state index contributed by atoms with van der Waals surface area (Å²) in [5, 5.41) is 19.8. The van der Waals surface area contributed by atoms with Crippen LogP contribution in [-0.2, 0) is 41.7 Å². The van der Waals surface area contributed by atoms with Gasteiger partial charge in [0.05, 0.1) is 68.8 Å². The number of esters is 5. The molecule has 0 aliphatic carbocycles. The highest BCUT2D eigenvalue weighted by atomic mass is 16.5. The summed E-state index contributed by atoms with van der Waals surface area (Å²) in [6.07, 6.45) is 6.01. The number of aliphatic hydroxyl groups is 1. The van der Waals surface area contributed by atoms with E-state index >= 15 is 0 Å². The first-order valence-corrected chi connectivity index (χ1v) is 14.4. The minimum absolute atomic E-state index is 0.0272. The van der Waals surface area contributed by atoms with Gasteiger partial charge in [-0.25, -0.2) is 19.2 Å². The van der Waals surface area contributed by atoms with E-state index in [1.54, 1.807) is 62.5 Å². The molecule has 0 saturated carbocycles. The second kappa shape index (κ2) is 22.3. The minimum Gasteiger partial charge on any atom is -0.618 e. The van der Waals surface area contributed by atoms with Gasteiger partial charge in [-0.15, -0.1) is 0 Å². The van der Waals surface area contributed by atoms with Crippen LogP contribution in [-0.4, -0.2) is 78.3 Å². The number of rotatable bonds is 7. The van der Waals surface area contributed by atoms with Gasteiger partial charge in [0, 0.05) is 38.5 Å². The molecule has 0 fully saturated rings. The maximum Gasteiger partial charge on any atom is 0.344 e. The number of pyridine rings is 4. The van der Waals surface area contributed by atoms with Crippen LogP contribution in [0.5, 0.6) is 0 Å². The average Bonchev–Trinajstić information content (AvgIpc) is 3.14. The van der Waals surface area contributed by atoms with Gasteiger partial charge in [-0.05, 0) is 49.4 Å². The van der Waals surface area contributed by atoms with Gasteiger partial charge in [0.15, 0.2) is 6.20 Å². The lowest BCUT2D eigenvalue weighted by Gasteiger charge is -2.06. The van der Waals surface area contributed by atoms with Crippen LogP contribution in [0, 0.1) is 19.1 Å². The Bertz CT molecular complexity index is 1750. The van der Waals surface area contributed by atoms with E-state index < -0.39 is 23.9 Å². The Hall–Kier alpha value is -6.29. The van der Waals surface area contributed by atoms with E-state index in [1.807, 2.05) is 0 Å². The van der Waals surface area contributed by atoms with Crippen LogP contribution in [0.4, 0.5) is 0 Å². The molecule has 0 spiro atoms. The lowest BCUT2D eigenvalue weighted by Crippen LogP contribution is -2.31. The maximum absolute atomic E-state index is 11.3. The summed E-state index contributed by atoms with van der Waals surface area (Å²) >= 11 is 0. The topological polar surface area (TPSA) is 217 Å². The number of aliphatic hydroxyl groups excluding tert-OH is 1. The van der Waals surface area contributed by atoms with Crippen LogP contribution in [0.25, 0.3) is 0 Å². The molecule has 4 aromatic heterocycles. The van der Waals surface area contributed by atoms with Gasteiger partial charge in [0.25, 0.3) is 0 Å². The van der Waals surface area contributed by atoms with Crippen molar-refractivity contribution < 1.29 is 57.5 Å². The molecule has 0 radical (unpaired) electrons. The zero-order valence-corrected chi connectivity index (χ0v) is 28.6. The fourth-order valence-corrected chi connectivity index (χ4v) is 3.58. The molecular formula is C34H38N4O12. The molecule has 0 unspecified atom stereocenters. The molecule has 0 aliphatic heterocycles. The highest BCUT2D eigenvalue weighted by Gasteiger charge is 2.15. The van der Waals surface area contributed by atoms with Gasteiger partial charge in [-0.1, -0.05) is 0 Å². The predicted octanol–water partition coefficient (Wildman–Crippen LogP) is 2.88. The fraction of sp³-hybridized carbons (Fsp3) is 0.265. The molecule has 50 heavy (non-hydrogen) atoms. The summed E-state index contributed by atoms with van der Waals surface area (Å²) < 4.78 is 23.5. The summed E-state index contributed by atoms with van der Waals surface area (Å²) in [4.78, 5) is 66.6. The highest BCUT2D eigenvalue weighted by molar-refractivity contribution is 5.91. The number of hydrogen-bond acceptors (Lipinski definition) is 15. The number of aryl methyl sites for hydroxylation is 1. The minimum atomic E-state index is -0.495. The predicted molar refractivity (Wildman–Crippen MR) is 174 cm³/mol. The van der Waals surface area contributed by atoms with Gasteiger partial charge in [0.1, 0.15) is 12.2 Å². The Kier molecular flexibility index (Phi) is 18.6. The van der Waals surface area contributed by atoms with Crippen LogP contribution in [0.1, 0.15) is 71.1 Å². The molecule has 4 aromatic rings. The summed E-state index contributed by atoms with van der Waals surface area (Å²) in [5.74, 6) is -2.22. The van der Waals surface area contributed by atoms with Gasteiger partial charge >= 0.3 is 29.8 Å². The molecule has 0 atom stereocenters. The van der Waals surface area contributed by atoms with Crippen molar-refractivity contribution in [1.29, 1.82) is 0 Å². The second-order valence-corrected chi connectivity index (χ2v) is 9.37. The molecule has 0 amide bonds. The smallest absolute Gasteiger partial charge is 0.344 e. The van der Waals surface area contributed by atoms with Crippen molar-refractivity contribution in [3.63, 3.8) is 0 Å². The van der Waals surface area contributed by atoms with E-state index in [9.17, 15) is 29.2 Å². The largest absolute Gasteiger partial charge is 0.618 e. The maximum atomic E-state index is 11.3. The summed E-state index contributed by atoms with van der Waals surface area (Å²) in [7, 11) is 5.21. The van der Waals surface area contributed by atoms with Crippen molar-refractivity contribution in [3.8, 4) is 0 Å². The normalized spacial score (nSPS) is 9.44. The average molecular weight is 695 g/mol. The van der Waals surface area contributed by atoms with E-state index in [2.05, 4.69) is 33.9 Å². The van der Waals surface area contributed by atoms with Crippen molar-refractivity contribution in [2.45, 2.75) is 34.0 Å².